The van der Waals surface area contributed by atoms with Crippen LogP contribution >= 0.6 is 11.6 Å². The molecule has 3 rings (SSSR count). The Kier molecular flexibility index (Phi) is 1.81. The van der Waals surface area contributed by atoms with Crippen molar-refractivity contribution in [2.24, 2.45) is 11.3 Å². The molecular formula is C12H19ClO. The Bertz CT molecular complexity index is 267. The standard InChI is InChI=1S/C12H19ClO/c1-11-5-3-4-9(11)12(2)7-8(13)6-10(11)14-12/h8-10H,3-7H2,1-2H3/t8?,9-,10+,11+,12-/m1/s1. The normalized spacial score (nSPS) is 61.5. The van der Waals surface area contributed by atoms with Crippen molar-refractivity contribution in [1.29, 1.82) is 0 Å². The third-order valence-electron chi connectivity index (χ3n) is 4.99. The van der Waals surface area contributed by atoms with Crippen molar-refractivity contribution in [3.05, 3.63) is 0 Å². The fourth-order valence-electron chi connectivity index (χ4n) is 4.38. The molecule has 2 aliphatic heterocycles. The molecule has 0 aromatic rings. The predicted molar refractivity (Wildman–Crippen MR) is 57.6 cm³/mol. The van der Waals surface area contributed by atoms with Crippen LogP contribution in [0.25, 0.3) is 0 Å². The zero-order chi connectivity index (χ0) is 9.97. The first-order chi connectivity index (χ1) is 6.55. The number of fused-ring (bicyclic) bond motifs is 5. The molecule has 5 atom stereocenters. The predicted octanol–water partition coefficient (Wildman–Crippen LogP) is 3.35. The number of rotatable bonds is 0. The van der Waals surface area contributed by atoms with E-state index in [0.29, 0.717) is 16.9 Å². The van der Waals surface area contributed by atoms with Crippen LogP contribution in [0, 0.1) is 11.3 Å². The molecule has 1 aliphatic carbocycles. The van der Waals surface area contributed by atoms with E-state index in [0.717, 1.165) is 18.8 Å². The van der Waals surface area contributed by atoms with Gasteiger partial charge in [-0.1, -0.05) is 13.3 Å². The van der Waals surface area contributed by atoms with Crippen LogP contribution in [0.4, 0.5) is 0 Å². The first-order valence-corrected chi connectivity index (χ1v) is 6.30. The molecule has 2 bridgehead atoms. The molecule has 14 heavy (non-hydrogen) atoms. The first-order valence-electron chi connectivity index (χ1n) is 5.86. The minimum absolute atomic E-state index is 0.0978. The van der Waals surface area contributed by atoms with Crippen LogP contribution < -0.4 is 0 Å². The van der Waals surface area contributed by atoms with Gasteiger partial charge in [-0.05, 0) is 43.9 Å². The summed E-state index contributed by atoms with van der Waals surface area (Å²) in [7, 11) is 0. The second kappa shape index (κ2) is 2.68. The van der Waals surface area contributed by atoms with Crippen LogP contribution in [-0.2, 0) is 4.74 Å². The summed E-state index contributed by atoms with van der Waals surface area (Å²) in [6, 6.07) is 0. The second-order valence-electron chi connectivity index (χ2n) is 5.91. The Hall–Kier alpha value is 0.250. The molecule has 3 fully saturated rings. The van der Waals surface area contributed by atoms with Crippen LogP contribution in [-0.4, -0.2) is 17.1 Å². The van der Waals surface area contributed by atoms with E-state index in [2.05, 4.69) is 13.8 Å². The van der Waals surface area contributed by atoms with Gasteiger partial charge in [-0.15, -0.1) is 11.6 Å². The number of halogens is 1. The van der Waals surface area contributed by atoms with Crippen molar-refractivity contribution in [2.75, 3.05) is 0 Å². The summed E-state index contributed by atoms with van der Waals surface area (Å²) in [5, 5.41) is 0.348. The van der Waals surface area contributed by atoms with Gasteiger partial charge < -0.3 is 4.74 Å². The molecule has 1 saturated carbocycles. The molecule has 2 heterocycles. The molecule has 0 spiro atoms. The maximum Gasteiger partial charge on any atom is 0.0706 e. The SMILES string of the molecule is C[C@]12CCC[C@H]1[C@@]1(C)CC(Cl)C[C@@H]2O1. The van der Waals surface area contributed by atoms with Crippen LogP contribution in [0.2, 0.25) is 0 Å². The summed E-state index contributed by atoms with van der Waals surface area (Å²) in [6.45, 7) is 4.71. The van der Waals surface area contributed by atoms with Gasteiger partial charge in [-0.3, -0.25) is 0 Å². The van der Waals surface area contributed by atoms with Gasteiger partial charge in [0.15, 0.2) is 0 Å². The van der Waals surface area contributed by atoms with E-state index in [1.807, 2.05) is 0 Å². The quantitative estimate of drug-likeness (QED) is 0.562. The summed E-state index contributed by atoms with van der Waals surface area (Å²) < 4.78 is 6.24. The second-order valence-corrected chi connectivity index (χ2v) is 6.52. The molecule has 80 valence electrons. The summed E-state index contributed by atoms with van der Waals surface area (Å²) in [5.74, 6) is 0.767. The molecule has 1 unspecified atom stereocenters. The topological polar surface area (TPSA) is 9.23 Å². The molecule has 1 nitrogen and oxygen atoms in total. The van der Waals surface area contributed by atoms with Crippen molar-refractivity contribution in [3.63, 3.8) is 0 Å². The Morgan fingerprint density at radius 3 is 2.93 bits per heavy atom. The highest BCUT2D eigenvalue weighted by molar-refractivity contribution is 6.20. The van der Waals surface area contributed by atoms with Crippen molar-refractivity contribution in [3.8, 4) is 0 Å². The summed E-state index contributed by atoms with van der Waals surface area (Å²) in [6.07, 6.45) is 6.67. The molecule has 0 amide bonds. The largest absolute Gasteiger partial charge is 0.371 e. The lowest BCUT2D eigenvalue weighted by molar-refractivity contribution is -0.0870. The third kappa shape index (κ3) is 1.01. The number of hydrogen-bond donors (Lipinski definition) is 0. The monoisotopic (exact) mass is 214 g/mol. The van der Waals surface area contributed by atoms with Crippen LogP contribution in [0.3, 0.4) is 0 Å². The molecule has 0 radical (unpaired) electrons. The van der Waals surface area contributed by atoms with E-state index in [1.165, 1.54) is 19.3 Å². The van der Waals surface area contributed by atoms with Crippen molar-refractivity contribution in [2.45, 2.75) is 63.0 Å². The fraction of sp³-hybridized carbons (Fsp3) is 1.00. The van der Waals surface area contributed by atoms with Gasteiger partial charge in [0.2, 0.25) is 0 Å². The molecule has 3 aliphatic rings. The van der Waals surface area contributed by atoms with Crippen LogP contribution in [0.1, 0.15) is 46.0 Å². The van der Waals surface area contributed by atoms with Crippen molar-refractivity contribution in [1.82, 2.24) is 0 Å². The zero-order valence-corrected chi connectivity index (χ0v) is 9.81. The summed E-state index contributed by atoms with van der Waals surface area (Å²) in [5.41, 5.74) is 0.541. The third-order valence-corrected chi connectivity index (χ3v) is 5.32. The van der Waals surface area contributed by atoms with Crippen LogP contribution in [0.15, 0.2) is 0 Å². The maximum absolute atomic E-state index is 6.33. The highest BCUT2D eigenvalue weighted by atomic mass is 35.5. The molecule has 0 aromatic heterocycles. The lowest BCUT2D eigenvalue weighted by Gasteiger charge is -2.35. The summed E-state index contributed by atoms with van der Waals surface area (Å²) >= 11 is 6.33. The molecule has 2 saturated heterocycles. The van der Waals surface area contributed by atoms with E-state index < -0.39 is 0 Å². The van der Waals surface area contributed by atoms with E-state index in [9.17, 15) is 0 Å². The van der Waals surface area contributed by atoms with Gasteiger partial charge in [-0.25, -0.2) is 0 Å². The average molecular weight is 215 g/mol. The number of alkyl halides is 1. The van der Waals surface area contributed by atoms with Gasteiger partial charge in [0.1, 0.15) is 0 Å². The minimum atomic E-state index is 0.0978. The van der Waals surface area contributed by atoms with Gasteiger partial charge in [0, 0.05) is 5.38 Å². The van der Waals surface area contributed by atoms with Gasteiger partial charge in [0.25, 0.3) is 0 Å². The fourth-order valence-corrected chi connectivity index (χ4v) is 4.85. The van der Waals surface area contributed by atoms with E-state index >= 15 is 0 Å². The molecule has 0 aromatic carbocycles. The Labute approximate surface area is 91.2 Å². The minimum Gasteiger partial charge on any atom is -0.371 e. The zero-order valence-electron chi connectivity index (χ0n) is 9.05. The smallest absolute Gasteiger partial charge is 0.0706 e. The van der Waals surface area contributed by atoms with E-state index in [-0.39, 0.29) is 5.60 Å². The highest BCUT2D eigenvalue weighted by Crippen LogP contribution is 2.63. The Morgan fingerprint density at radius 2 is 2.14 bits per heavy atom. The Balaban J connectivity index is 2.01. The van der Waals surface area contributed by atoms with Gasteiger partial charge in [0.05, 0.1) is 11.7 Å². The number of ether oxygens (including phenoxy) is 1. The highest BCUT2D eigenvalue weighted by Gasteiger charge is 2.63. The van der Waals surface area contributed by atoms with Gasteiger partial charge in [-0.2, -0.15) is 0 Å². The molecular weight excluding hydrogens is 196 g/mol. The summed E-state index contributed by atoms with van der Waals surface area (Å²) in [4.78, 5) is 0. The molecule has 0 N–H and O–H groups in total. The van der Waals surface area contributed by atoms with E-state index in [1.54, 1.807) is 0 Å². The average Bonchev–Trinajstić information content (AvgIpc) is 2.52. The lowest BCUT2D eigenvalue weighted by Crippen LogP contribution is -2.38. The maximum atomic E-state index is 6.33. The van der Waals surface area contributed by atoms with Crippen LogP contribution in [0.5, 0.6) is 0 Å². The number of hydrogen-bond acceptors (Lipinski definition) is 1. The Morgan fingerprint density at radius 1 is 1.36 bits per heavy atom. The lowest BCUT2D eigenvalue weighted by atomic mass is 9.72. The van der Waals surface area contributed by atoms with E-state index in [4.69, 9.17) is 16.3 Å². The first kappa shape index (κ1) is 9.47. The molecule has 2 heteroatoms. The van der Waals surface area contributed by atoms with Crippen molar-refractivity contribution >= 4 is 11.6 Å². The van der Waals surface area contributed by atoms with Gasteiger partial charge >= 0.3 is 0 Å². The van der Waals surface area contributed by atoms with Crippen molar-refractivity contribution < 1.29 is 4.74 Å².